The fourth-order valence-corrected chi connectivity index (χ4v) is 2.55. The van der Waals surface area contributed by atoms with Gasteiger partial charge in [-0.05, 0) is 24.3 Å². The molecule has 3 rings (SSSR count). The first-order valence-electron chi connectivity index (χ1n) is 5.79. The highest BCUT2D eigenvalue weighted by molar-refractivity contribution is 7.16. The Hall–Kier alpha value is -2.67. The minimum absolute atomic E-state index is 0.259. The van der Waals surface area contributed by atoms with Gasteiger partial charge in [-0.2, -0.15) is 0 Å². The van der Waals surface area contributed by atoms with E-state index in [-0.39, 0.29) is 5.56 Å². The molecule has 20 heavy (non-hydrogen) atoms. The van der Waals surface area contributed by atoms with Gasteiger partial charge in [0.05, 0.1) is 33.2 Å². The highest BCUT2D eigenvalue weighted by Crippen LogP contribution is 2.25. The van der Waals surface area contributed by atoms with Crippen molar-refractivity contribution in [1.29, 1.82) is 0 Å². The molecule has 1 aromatic carbocycles. The van der Waals surface area contributed by atoms with Crippen LogP contribution >= 0.6 is 11.3 Å². The first-order valence-corrected chi connectivity index (χ1v) is 6.67. The summed E-state index contributed by atoms with van der Waals surface area (Å²) in [4.78, 5) is 19.7. The highest BCUT2D eigenvalue weighted by atomic mass is 32.1. The number of carbonyl (C=O) groups is 1. The van der Waals surface area contributed by atoms with E-state index in [4.69, 9.17) is 11.5 Å². The Bertz CT molecular complexity index is 798. The Balaban J connectivity index is 1.99. The van der Waals surface area contributed by atoms with Crippen LogP contribution in [0.1, 0.15) is 10.4 Å². The zero-order valence-electron chi connectivity index (χ0n) is 10.3. The van der Waals surface area contributed by atoms with Crippen molar-refractivity contribution in [2.75, 3.05) is 11.1 Å². The second kappa shape index (κ2) is 4.78. The summed E-state index contributed by atoms with van der Waals surface area (Å²) in [6.45, 7) is 0. The number of rotatable bonds is 3. The van der Waals surface area contributed by atoms with Crippen LogP contribution in [0.2, 0.25) is 0 Å². The van der Waals surface area contributed by atoms with Crippen molar-refractivity contribution in [3.63, 3.8) is 0 Å². The summed E-state index contributed by atoms with van der Waals surface area (Å²) in [6.07, 6.45) is 1.47. The van der Waals surface area contributed by atoms with Crippen molar-refractivity contribution < 1.29 is 4.79 Å². The number of nitrogens with one attached hydrogen (secondary N) is 1. The van der Waals surface area contributed by atoms with Crippen molar-refractivity contribution in [3.05, 3.63) is 41.5 Å². The molecule has 1 amide bonds. The van der Waals surface area contributed by atoms with Crippen LogP contribution in [-0.4, -0.2) is 15.9 Å². The van der Waals surface area contributed by atoms with Crippen LogP contribution in [-0.2, 0) is 0 Å². The van der Waals surface area contributed by atoms with E-state index in [9.17, 15) is 4.79 Å². The van der Waals surface area contributed by atoms with Gasteiger partial charge in [-0.25, -0.2) is 9.97 Å². The van der Waals surface area contributed by atoms with Crippen molar-refractivity contribution in [2.45, 2.75) is 0 Å². The highest BCUT2D eigenvalue weighted by Gasteiger charge is 2.11. The van der Waals surface area contributed by atoms with Gasteiger partial charge in [0.1, 0.15) is 5.82 Å². The second-order valence-corrected chi connectivity index (χ2v) is 5.08. The number of anilines is 3. The van der Waals surface area contributed by atoms with E-state index in [1.807, 2.05) is 18.2 Å². The van der Waals surface area contributed by atoms with Crippen LogP contribution in [0.4, 0.5) is 17.2 Å². The maximum absolute atomic E-state index is 11.4. The average molecular weight is 285 g/mol. The molecule has 0 fully saturated rings. The molecule has 5 N–H and O–H groups in total. The number of amides is 1. The SMILES string of the molecule is NC(=O)c1cc(N)cnc1Nc1ccc2ncsc2c1. The molecule has 0 radical (unpaired) electrons. The minimum atomic E-state index is -0.578. The van der Waals surface area contributed by atoms with Crippen molar-refractivity contribution in [1.82, 2.24) is 9.97 Å². The van der Waals surface area contributed by atoms with Crippen LogP contribution in [0.15, 0.2) is 36.0 Å². The fraction of sp³-hybridized carbons (Fsp3) is 0. The smallest absolute Gasteiger partial charge is 0.252 e. The molecule has 0 aliphatic rings. The lowest BCUT2D eigenvalue weighted by Gasteiger charge is -2.09. The van der Waals surface area contributed by atoms with Crippen molar-refractivity contribution >= 4 is 44.7 Å². The molecule has 0 aliphatic carbocycles. The number of hydrogen-bond acceptors (Lipinski definition) is 6. The van der Waals surface area contributed by atoms with E-state index in [1.54, 1.807) is 16.8 Å². The van der Waals surface area contributed by atoms with Crippen LogP contribution < -0.4 is 16.8 Å². The first-order chi connectivity index (χ1) is 9.63. The van der Waals surface area contributed by atoms with Crippen molar-refractivity contribution in [2.24, 2.45) is 5.73 Å². The van der Waals surface area contributed by atoms with E-state index >= 15 is 0 Å². The molecule has 0 spiro atoms. The Morgan fingerprint density at radius 3 is 2.90 bits per heavy atom. The molecule has 7 heteroatoms. The number of aromatic nitrogens is 2. The standard InChI is InChI=1S/C13H11N5OS/c14-7-3-9(12(15)19)13(16-5-7)18-8-1-2-10-11(4-8)20-6-17-10/h1-6H,14H2,(H2,15,19)(H,16,18). The number of thiazole rings is 1. The zero-order valence-corrected chi connectivity index (χ0v) is 11.1. The van der Waals surface area contributed by atoms with Gasteiger partial charge in [-0.15, -0.1) is 11.3 Å². The topological polar surface area (TPSA) is 107 Å². The largest absolute Gasteiger partial charge is 0.397 e. The molecule has 2 heterocycles. The molecule has 0 bridgehead atoms. The maximum Gasteiger partial charge on any atom is 0.252 e. The van der Waals surface area contributed by atoms with E-state index in [1.165, 1.54) is 12.3 Å². The number of primary amides is 1. The van der Waals surface area contributed by atoms with Gasteiger partial charge < -0.3 is 16.8 Å². The molecule has 0 aliphatic heterocycles. The molecule has 0 saturated carbocycles. The first kappa shape index (κ1) is 12.4. The van der Waals surface area contributed by atoms with Gasteiger partial charge in [-0.1, -0.05) is 0 Å². The molecule has 100 valence electrons. The number of hydrogen-bond donors (Lipinski definition) is 3. The molecular formula is C13H11N5OS. The molecule has 3 aromatic rings. The Kier molecular flexibility index (Phi) is 2.96. The van der Waals surface area contributed by atoms with Gasteiger partial charge in [-0.3, -0.25) is 4.79 Å². The lowest BCUT2D eigenvalue weighted by molar-refractivity contribution is 0.100. The van der Waals surface area contributed by atoms with E-state index < -0.39 is 5.91 Å². The molecule has 0 unspecified atom stereocenters. The zero-order chi connectivity index (χ0) is 14.1. The van der Waals surface area contributed by atoms with E-state index in [2.05, 4.69) is 15.3 Å². The second-order valence-electron chi connectivity index (χ2n) is 4.19. The van der Waals surface area contributed by atoms with Crippen LogP contribution in [0.25, 0.3) is 10.2 Å². The molecule has 6 nitrogen and oxygen atoms in total. The third kappa shape index (κ3) is 2.26. The number of nitrogens with two attached hydrogens (primary N) is 2. The maximum atomic E-state index is 11.4. The minimum Gasteiger partial charge on any atom is -0.397 e. The van der Waals surface area contributed by atoms with Gasteiger partial charge in [0.15, 0.2) is 0 Å². The summed E-state index contributed by atoms with van der Waals surface area (Å²) >= 11 is 1.54. The summed E-state index contributed by atoms with van der Waals surface area (Å²) in [5, 5.41) is 3.07. The third-order valence-electron chi connectivity index (χ3n) is 2.77. The molecule has 0 atom stereocenters. The Morgan fingerprint density at radius 1 is 1.25 bits per heavy atom. The predicted molar refractivity (Wildman–Crippen MR) is 80.1 cm³/mol. The predicted octanol–water partition coefficient (Wildman–Crippen LogP) is 2.12. The van der Waals surface area contributed by atoms with E-state index in [0.29, 0.717) is 11.5 Å². The van der Waals surface area contributed by atoms with Gasteiger partial charge in [0, 0.05) is 5.69 Å². The number of nitrogen functional groups attached to an aromatic ring is 1. The fourth-order valence-electron chi connectivity index (χ4n) is 1.84. The average Bonchev–Trinajstić information content (AvgIpc) is 2.88. The number of pyridine rings is 1. The Morgan fingerprint density at radius 2 is 2.10 bits per heavy atom. The molecule has 2 aromatic heterocycles. The Labute approximate surface area is 118 Å². The summed E-state index contributed by atoms with van der Waals surface area (Å²) < 4.78 is 1.05. The lowest BCUT2D eigenvalue weighted by Crippen LogP contribution is -2.14. The lowest BCUT2D eigenvalue weighted by atomic mass is 10.2. The van der Waals surface area contributed by atoms with E-state index in [0.717, 1.165) is 15.9 Å². The van der Waals surface area contributed by atoms with Gasteiger partial charge >= 0.3 is 0 Å². The summed E-state index contributed by atoms with van der Waals surface area (Å²) in [5.74, 6) is -0.193. The number of benzene rings is 1. The summed E-state index contributed by atoms with van der Waals surface area (Å²) in [6, 6.07) is 7.21. The number of fused-ring (bicyclic) bond motifs is 1. The van der Waals surface area contributed by atoms with Crippen LogP contribution in [0, 0.1) is 0 Å². The van der Waals surface area contributed by atoms with Crippen LogP contribution in [0.5, 0.6) is 0 Å². The third-order valence-corrected chi connectivity index (χ3v) is 3.56. The monoisotopic (exact) mass is 285 g/mol. The summed E-state index contributed by atoms with van der Waals surface area (Å²) in [5.41, 5.74) is 15.1. The van der Waals surface area contributed by atoms with Crippen LogP contribution in [0.3, 0.4) is 0 Å². The number of carbonyl (C=O) groups excluding carboxylic acids is 1. The van der Waals surface area contributed by atoms with Gasteiger partial charge in [0.2, 0.25) is 0 Å². The van der Waals surface area contributed by atoms with Gasteiger partial charge in [0.25, 0.3) is 5.91 Å². The molecular weight excluding hydrogens is 274 g/mol. The summed E-state index contributed by atoms with van der Waals surface area (Å²) in [7, 11) is 0. The number of nitrogens with zero attached hydrogens (tertiary/aromatic N) is 2. The molecule has 0 saturated heterocycles. The normalized spacial score (nSPS) is 10.6. The quantitative estimate of drug-likeness (QED) is 0.683. The van der Waals surface area contributed by atoms with Crippen molar-refractivity contribution in [3.8, 4) is 0 Å².